The SMILES string of the molecule is CC(Oc1ccc(F)cc1)c1nnc(SCC(=O)Nc2ccc(C(=O)O)cc2)n1C(C)C. The third-order valence-electron chi connectivity index (χ3n) is 4.45. The smallest absolute Gasteiger partial charge is 0.335 e. The van der Waals surface area contributed by atoms with Crippen LogP contribution in [0.4, 0.5) is 10.1 Å². The van der Waals surface area contributed by atoms with Gasteiger partial charge in [-0.3, -0.25) is 4.79 Å². The molecule has 0 aliphatic rings. The highest BCUT2D eigenvalue weighted by Crippen LogP contribution is 2.27. The average molecular weight is 459 g/mol. The maximum atomic E-state index is 13.1. The number of hydrogen-bond acceptors (Lipinski definition) is 6. The lowest BCUT2D eigenvalue weighted by Gasteiger charge is -2.18. The van der Waals surface area contributed by atoms with E-state index in [9.17, 15) is 14.0 Å². The number of amides is 1. The largest absolute Gasteiger partial charge is 0.483 e. The highest BCUT2D eigenvalue weighted by Gasteiger charge is 2.22. The van der Waals surface area contributed by atoms with Gasteiger partial charge in [0.25, 0.3) is 0 Å². The second kappa shape index (κ2) is 10.3. The lowest BCUT2D eigenvalue weighted by atomic mass is 10.2. The lowest BCUT2D eigenvalue weighted by Crippen LogP contribution is -2.16. The molecule has 0 spiro atoms. The van der Waals surface area contributed by atoms with E-state index in [4.69, 9.17) is 9.84 Å². The van der Waals surface area contributed by atoms with Gasteiger partial charge in [-0.1, -0.05) is 11.8 Å². The Morgan fingerprint density at radius 2 is 1.75 bits per heavy atom. The predicted octanol–water partition coefficient (Wildman–Crippen LogP) is 4.57. The topological polar surface area (TPSA) is 106 Å². The van der Waals surface area contributed by atoms with Crippen LogP contribution in [0.2, 0.25) is 0 Å². The van der Waals surface area contributed by atoms with Gasteiger partial charge in [-0.2, -0.15) is 0 Å². The fourth-order valence-corrected chi connectivity index (χ4v) is 3.82. The van der Waals surface area contributed by atoms with Gasteiger partial charge in [0.15, 0.2) is 17.1 Å². The van der Waals surface area contributed by atoms with E-state index in [1.807, 2.05) is 25.3 Å². The first-order chi connectivity index (χ1) is 15.2. The Labute approximate surface area is 188 Å². The normalized spacial score (nSPS) is 11.9. The first-order valence-corrected chi connectivity index (χ1v) is 10.9. The standard InChI is InChI=1S/C22H23FN4O4S/c1-13(2)27-20(14(3)31-18-10-6-16(23)7-11-18)25-26-22(27)32-12-19(28)24-17-8-4-15(5-9-17)21(29)30/h4-11,13-14H,12H2,1-3H3,(H,24,28)(H,29,30). The molecule has 1 atom stereocenters. The molecule has 3 rings (SSSR count). The zero-order valence-corrected chi connectivity index (χ0v) is 18.6. The summed E-state index contributed by atoms with van der Waals surface area (Å²) in [6, 6.07) is 11.7. The summed E-state index contributed by atoms with van der Waals surface area (Å²) in [7, 11) is 0. The summed E-state index contributed by atoms with van der Waals surface area (Å²) in [5, 5.41) is 20.7. The summed E-state index contributed by atoms with van der Waals surface area (Å²) in [6.07, 6.45) is -0.439. The molecule has 32 heavy (non-hydrogen) atoms. The quantitative estimate of drug-likeness (QED) is 0.453. The van der Waals surface area contributed by atoms with Crippen molar-refractivity contribution in [2.45, 2.75) is 38.1 Å². The minimum atomic E-state index is -1.03. The molecular formula is C22H23FN4O4S. The van der Waals surface area contributed by atoms with Crippen molar-refractivity contribution in [1.29, 1.82) is 0 Å². The number of nitrogens with zero attached hydrogens (tertiary/aromatic N) is 3. The van der Waals surface area contributed by atoms with Crippen molar-refractivity contribution in [2.24, 2.45) is 0 Å². The molecule has 2 N–H and O–H groups in total. The van der Waals surface area contributed by atoms with Gasteiger partial charge < -0.3 is 19.7 Å². The van der Waals surface area contributed by atoms with Crippen LogP contribution in [-0.2, 0) is 4.79 Å². The summed E-state index contributed by atoms with van der Waals surface area (Å²) in [4.78, 5) is 23.3. The summed E-state index contributed by atoms with van der Waals surface area (Å²) in [5.74, 6) is -0.423. The fourth-order valence-electron chi connectivity index (χ4n) is 2.94. The van der Waals surface area contributed by atoms with Crippen LogP contribution in [0, 0.1) is 5.82 Å². The Bertz CT molecular complexity index is 1080. The number of nitrogens with one attached hydrogen (secondary N) is 1. The van der Waals surface area contributed by atoms with E-state index >= 15 is 0 Å². The number of hydrogen-bond donors (Lipinski definition) is 2. The molecule has 0 saturated carbocycles. The van der Waals surface area contributed by atoms with Crippen molar-refractivity contribution in [2.75, 3.05) is 11.1 Å². The molecule has 1 aromatic heterocycles. The highest BCUT2D eigenvalue weighted by molar-refractivity contribution is 7.99. The predicted molar refractivity (Wildman–Crippen MR) is 119 cm³/mol. The molecule has 0 aliphatic carbocycles. The van der Waals surface area contributed by atoms with Crippen LogP contribution in [0.25, 0.3) is 0 Å². The van der Waals surface area contributed by atoms with Gasteiger partial charge in [-0.25, -0.2) is 9.18 Å². The van der Waals surface area contributed by atoms with Gasteiger partial charge in [0.05, 0.1) is 11.3 Å². The Hall–Kier alpha value is -3.40. The van der Waals surface area contributed by atoms with Crippen molar-refractivity contribution < 1.29 is 23.8 Å². The molecular weight excluding hydrogens is 435 g/mol. The van der Waals surface area contributed by atoms with Crippen LogP contribution in [0.1, 0.15) is 49.1 Å². The van der Waals surface area contributed by atoms with E-state index in [1.54, 1.807) is 12.1 Å². The third-order valence-corrected chi connectivity index (χ3v) is 5.39. The summed E-state index contributed by atoms with van der Waals surface area (Å²) in [5.41, 5.74) is 0.653. The number of halogens is 1. The summed E-state index contributed by atoms with van der Waals surface area (Å²) < 4.78 is 20.9. The average Bonchev–Trinajstić information content (AvgIpc) is 3.19. The first kappa shape index (κ1) is 23.3. The van der Waals surface area contributed by atoms with E-state index in [0.29, 0.717) is 22.4 Å². The minimum absolute atomic E-state index is 0.0217. The Balaban J connectivity index is 1.64. The lowest BCUT2D eigenvalue weighted by molar-refractivity contribution is -0.113. The van der Waals surface area contributed by atoms with Gasteiger partial charge in [0.1, 0.15) is 11.6 Å². The van der Waals surface area contributed by atoms with Crippen LogP contribution in [-0.4, -0.2) is 37.5 Å². The van der Waals surface area contributed by atoms with Gasteiger partial charge in [0.2, 0.25) is 5.91 Å². The van der Waals surface area contributed by atoms with Crippen LogP contribution in [0.15, 0.2) is 53.7 Å². The molecule has 10 heteroatoms. The second-order valence-corrected chi connectivity index (χ2v) is 8.18. The molecule has 1 heterocycles. The summed E-state index contributed by atoms with van der Waals surface area (Å²) in [6.45, 7) is 5.78. The van der Waals surface area contributed by atoms with Gasteiger partial charge in [0, 0.05) is 11.7 Å². The molecule has 8 nitrogen and oxygen atoms in total. The number of carboxylic acids is 1. The van der Waals surface area contributed by atoms with Gasteiger partial charge in [-0.15, -0.1) is 10.2 Å². The Morgan fingerprint density at radius 3 is 2.34 bits per heavy atom. The molecule has 168 valence electrons. The van der Waals surface area contributed by atoms with Gasteiger partial charge >= 0.3 is 5.97 Å². The number of carbonyl (C=O) groups is 2. The minimum Gasteiger partial charge on any atom is -0.483 e. The number of aromatic nitrogens is 3. The Morgan fingerprint density at radius 1 is 1.09 bits per heavy atom. The maximum Gasteiger partial charge on any atom is 0.335 e. The zero-order valence-electron chi connectivity index (χ0n) is 17.8. The fraction of sp³-hybridized carbons (Fsp3) is 0.273. The molecule has 1 amide bonds. The van der Waals surface area contributed by atoms with Crippen LogP contribution < -0.4 is 10.1 Å². The molecule has 0 saturated heterocycles. The number of rotatable bonds is 9. The Kier molecular flexibility index (Phi) is 7.47. The zero-order chi connectivity index (χ0) is 23.3. The number of anilines is 1. The number of ether oxygens (including phenoxy) is 1. The number of benzene rings is 2. The molecule has 0 fully saturated rings. The number of thioether (sulfide) groups is 1. The van der Waals surface area contributed by atoms with Crippen molar-refractivity contribution in [3.05, 3.63) is 65.7 Å². The van der Waals surface area contributed by atoms with E-state index in [1.165, 1.54) is 48.2 Å². The number of carbonyl (C=O) groups excluding carboxylic acids is 1. The van der Waals surface area contributed by atoms with E-state index in [0.717, 1.165) is 0 Å². The van der Waals surface area contributed by atoms with Crippen LogP contribution >= 0.6 is 11.8 Å². The first-order valence-electron chi connectivity index (χ1n) is 9.87. The van der Waals surface area contributed by atoms with E-state index in [-0.39, 0.29) is 29.1 Å². The number of carboxylic acid groups (broad SMARTS) is 1. The molecule has 0 aliphatic heterocycles. The summed E-state index contributed by atoms with van der Waals surface area (Å²) >= 11 is 1.24. The van der Waals surface area contributed by atoms with Crippen LogP contribution in [0.5, 0.6) is 5.75 Å². The molecule has 1 unspecified atom stereocenters. The monoisotopic (exact) mass is 458 g/mol. The molecule has 3 aromatic rings. The number of aromatic carboxylic acids is 1. The van der Waals surface area contributed by atoms with Crippen LogP contribution in [0.3, 0.4) is 0 Å². The third kappa shape index (κ3) is 5.85. The molecule has 0 radical (unpaired) electrons. The molecule has 2 aromatic carbocycles. The highest BCUT2D eigenvalue weighted by atomic mass is 32.2. The van der Waals surface area contributed by atoms with E-state index < -0.39 is 12.1 Å². The maximum absolute atomic E-state index is 13.1. The van der Waals surface area contributed by atoms with Crippen molar-refractivity contribution >= 4 is 29.3 Å². The molecule has 0 bridgehead atoms. The van der Waals surface area contributed by atoms with E-state index in [2.05, 4.69) is 15.5 Å². The van der Waals surface area contributed by atoms with Crippen molar-refractivity contribution in [1.82, 2.24) is 14.8 Å². The van der Waals surface area contributed by atoms with Crippen molar-refractivity contribution in [3.63, 3.8) is 0 Å². The van der Waals surface area contributed by atoms with Gasteiger partial charge in [-0.05, 0) is 69.3 Å². The second-order valence-electron chi connectivity index (χ2n) is 7.24. The van der Waals surface area contributed by atoms with Crippen molar-refractivity contribution in [3.8, 4) is 5.75 Å².